The van der Waals surface area contributed by atoms with E-state index in [0.717, 1.165) is 22.7 Å². The molecule has 0 saturated carbocycles. The maximum Gasteiger partial charge on any atom is 0.273 e. The van der Waals surface area contributed by atoms with Gasteiger partial charge in [-0.15, -0.1) is 21.5 Å². The van der Waals surface area contributed by atoms with Crippen LogP contribution < -0.4 is 10.5 Å². The van der Waals surface area contributed by atoms with Crippen molar-refractivity contribution in [1.29, 1.82) is 0 Å². The third kappa shape index (κ3) is 2.83. The Labute approximate surface area is 117 Å². The fourth-order valence-electron chi connectivity index (χ4n) is 1.10. The zero-order valence-corrected chi connectivity index (χ0v) is 12.3. The Hall–Kier alpha value is -1.10. The van der Waals surface area contributed by atoms with Crippen LogP contribution >= 0.6 is 34.9 Å². The van der Waals surface area contributed by atoms with Crippen molar-refractivity contribution < 1.29 is 8.42 Å². The Balaban J connectivity index is 2.27. The Kier molecular flexibility index (Phi) is 3.61. The van der Waals surface area contributed by atoms with E-state index in [1.807, 2.05) is 0 Å². The van der Waals surface area contributed by atoms with Crippen molar-refractivity contribution in [1.82, 2.24) is 10.2 Å². The van der Waals surface area contributed by atoms with Crippen LogP contribution in [0.25, 0.3) is 0 Å². The molecule has 6 nitrogen and oxygen atoms in total. The summed E-state index contributed by atoms with van der Waals surface area (Å²) in [6, 6.07) is 3.03. The van der Waals surface area contributed by atoms with Crippen molar-refractivity contribution in [3.63, 3.8) is 0 Å². The molecule has 0 aromatic carbocycles. The number of aryl methyl sites for hydroxylation is 1. The average molecular weight is 320 g/mol. The van der Waals surface area contributed by atoms with Crippen LogP contribution in [0, 0.1) is 6.92 Å². The maximum absolute atomic E-state index is 12.0. The molecule has 96 valence electrons. The topological polar surface area (TPSA) is 98.0 Å². The minimum atomic E-state index is -3.65. The second-order valence-corrected chi connectivity index (χ2v) is 7.83. The fraction of sp³-hybridized carbons (Fsp3) is 0.125. The second-order valence-electron chi connectivity index (χ2n) is 3.21. The number of hydrogen-bond donors (Lipinski definition) is 2. The molecule has 10 heteroatoms. The molecule has 0 amide bonds. The smallest absolute Gasteiger partial charge is 0.273 e. The van der Waals surface area contributed by atoms with Crippen molar-refractivity contribution in [2.75, 3.05) is 4.72 Å². The standard InChI is InChI=1S/C8H8N4O2S4/c1-4-10-11-8(16-4)12-18(13,14)6-3-2-5(17-6)7(9)15/h2-3H,1H3,(H2,9,15)(H,11,12). The maximum atomic E-state index is 12.0. The molecule has 0 unspecified atom stereocenters. The lowest BCUT2D eigenvalue weighted by Crippen LogP contribution is -2.11. The Morgan fingerprint density at radius 3 is 2.61 bits per heavy atom. The first-order valence-electron chi connectivity index (χ1n) is 4.61. The highest BCUT2D eigenvalue weighted by Gasteiger charge is 2.19. The highest BCUT2D eigenvalue weighted by molar-refractivity contribution is 7.95. The van der Waals surface area contributed by atoms with Gasteiger partial charge in [-0.3, -0.25) is 4.72 Å². The number of hydrogen-bond acceptors (Lipinski definition) is 7. The van der Waals surface area contributed by atoms with Crippen LogP contribution in [0.4, 0.5) is 5.13 Å². The van der Waals surface area contributed by atoms with Gasteiger partial charge in [0.25, 0.3) is 10.0 Å². The average Bonchev–Trinajstić information content (AvgIpc) is 2.86. The molecule has 0 aliphatic rings. The molecule has 0 aliphatic heterocycles. The zero-order chi connectivity index (χ0) is 13.3. The third-order valence-electron chi connectivity index (χ3n) is 1.84. The van der Waals surface area contributed by atoms with Crippen LogP contribution in [0.2, 0.25) is 0 Å². The summed E-state index contributed by atoms with van der Waals surface area (Å²) < 4.78 is 26.5. The van der Waals surface area contributed by atoms with Gasteiger partial charge in [0.2, 0.25) is 5.13 Å². The minimum absolute atomic E-state index is 0.137. The molecule has 18 heavy (non-hydrogen) atoms. The van der Waals surface area contributed by atoms with E-state index in [0.29, 0.717) is 9.88 Å². The third-order valence-corrected chi connectivity index (χ3v) is 6.02. The lowest BCUT2D eigenvalue weighted by molar-refractivity contribution is 0.603. The summed E-state index contributed by atoms with van der Waals surface area (Å²) >= 11 is 6.96. The largest absolute Gasteiger partial charge is 0.389 e. The number of sulfonamides is 1. The van der Waals surface area contributed by atoms with E-state index < -0.39 is 10.0 Å². The molecule has 0 atom stereocenters. The molecule has 0 saturated heterocycles. The van der Waals surface area contributed by atoms with Crippen LogP contribution in [0.3, 0.4) is 0 Å². The van der Waals surface area contributed by atoms with E-state index in [4.69, 9.17) is 18.0 Å². The van der Waals surface area contributed by atoms with Crippen LogP contribution in [0.5, 0.6) is 0 Å². The van der Waals surface area contributed by atoms with E-state index in [-0.39, 0.29) is 14.3 Å². The van der Waals surface area contributed by atoms with Gasteiger partial charge in [0.05, 0.1) is 4.88 Å². The number of anilines is 1. The first-order chi connectivity index (χ1) is 8.38. The number of nitrogens with two attached hydrogens (primary N) is 1. The molecule has 0 spiro atoms. The van der Waals surface area contributed by atoms with Gasteiger partial charge in [-0.25, -0.2) is 8.42 Å². The summed E-state index contributed by atoms with van der Waals surface area (Å²) in [5.74, 6) is 0. The van der Waals surface area contributed by atoms with Gasteiger partial charge in [-0.05, 0) is 19.1 Å². The fourth-order valence-corrected chi connectivity index (χ4v) is 4.27. The number of nitrogens with one attached hydrogen (secondary N) is 1. The number of thiophene rings is 1. The van der Waals surface area contributed by atoms with Crippen molar-refractivity contribution in [2.24, 2.45) is 5.73 Å². The molecule has 2 heterocycles. The first-order valence-corrected chi connectivity index (χ1v) is 8.13. The van der Waals surface area contributed by atoms with E-state index >= 15 is 0 Å². The van der Waals surface area contributed by atoms with Gasteiger partial charge in [0.15, 0.2) is 0 Å². The summed E-state index contributed by atoms with van der Waals surface area (Å²) in [5, 5.41) is 8.35. The van der Waals surface area contributed by atoms with Crippen LogP contribution in [-0.4, -0.2) is 23.6 Å². The predicted molar refractivity (Wildman–Crippen MR) is 75.7 cm³/mol. The normalized spacial score (nSPS) is 11.4. The summed E-state index contributed by atoms with van der Waals surface area (Å²) in [7, 11) is -3.65. The molecule has 0 aliphatic carbocycles. The molecule has 0 radical (unpaired) electrons. The van der Waals surface area contributed by atoms with Crippen molar-refractivity contribution in [3.05, 3.63) is 22.0 Å². The van der Waals surface area contributed by atoms with Gasteiger partial charge in [-0.2, -0.15) is 0 Å². The van der Waals surface area contributed by atoms with Gasteiger partial charge in [-0.1, -0.05) is 23.6 Å². The van der Waals surface area contributed by atoms with Crippen molar-refractivity contribution >= 4 is 55.0 Å². The van der Waals surface area contributed by atoms with Gasteiger partial charge < -0.3 is 5.73 Å². The summed E-state index contributed by atoms with van der Waals surface area (Å²) in [5.41, 5.74) is 5.43. The van der Waals surface area contributed by atoms with Crippen LogP contribution in [0.15, 0.2) is 16.3 Å². The highest BCUT2D eigenvalue weighted by atomic mass is 32.2. The summed E-state index contributed by atoms with van der Waals surface area (Å²) in [4.78, 5) is 0.729. The number of thiocarbonyl (C=S) groups is 1. The van der Waals surface area contributed by atoms with E-state index in [9.17, 15) is 8.42 Å². The van der Waals surface area contributed by atoms with Gasteiger partial charge in [0, 0.05) is 0 Å². The molecular formula is C8H8N4O2S4. The predicted octanol–water partition coefficient (Wildman–Crippen LogP) is 1.34. The monoisotopic (exact) mass is 320 g/mol. The number of aromatic nitrogens is 2. The quantitative estimate of drug-likeness (QED) is 0.825. The Bertz CT molecular complexity index is 688. The van der Waals surface area contributed by atoms with Crippen molar-refractivity contribution in [3.8, 4) is 0 Å². The minimum Gasteiger partial charge on any atom is -0.389 e. The summed E-state index contributed by atoms with van der Waals surface area (Å²) in [6.07, 6.45) is 0. The molecule has 3 N–H and O–H groups in total. The molecule has 0 bridgehead atoms. The molecule has 2 aromatic rings. The Morgan fingerprint density at radius 2 is 2.11 bits per heavy atom. The number of nitrogens with zero attached hydrogens (tertiary/aromatic N) is 2. The van der Waals surface area contributed by atoms with E-state index in [1.165, 1.54) is 6.07 Å². The first kappa shape index (κ1) is 13.3. The van der Waals surface area contributed by atoms with E-state index in [1.54, 1.807) is 13.0 Å². The lowest BCUT2D eigenvalue weighted by Gasteiger charge is -2.00. The second kappa shape index (κ2) is 4.88. The molecule has 2 rings (SSSR count). The van der Waals surface area contributed by atoms with Gasteiger partial charge in [0.1, 0.15) is 14.2 Å². The highest BCUT2D eigenvalue weighted by Crippen LogP contribution is 2.25. The van der Waals surface area contributed by atoms with Crippen LogP contribution in [0.1, 0.15) is 9.88 Å². The molecule has 2 aromatic heterocycles. The summed E-state index contributed by atoms with van der Waals surface area (Å²) in [6.45, 7) is 1.74. The Morgan fingerprint density at radius 1 is 1.39 bits per heavy atom. The molecule has 0 fully saturated rings. The SMILES string of the molecule is Cc1nnc(NS(=O)(=O)c2ccc(C(N)=S)s2)s1. The zero-order valence-electron chi connectivity index (χ0n) is 9.08. The van der Waals surface area contributed by atoms with Gasteiger partial charge >= 0.3 is 0 Å². The van der Waals surface area contributed by atoms with Crippen LogP contribution in [-0.2, 0) is 10.0 Å². The molecular weight excluding hydrogens is 312 g/mol. The van der Waals surface area contributed by atoms with E-state index in [2.05, 4.69) is 14.9 Å². The lowest BCUT2D eigenvalue weighted by atomic mass is 10.5. The van der Waals surface area contributed by atoms with Crippen molar-refractivity contribution in [2.45, 2.75) is 11.1 Å². The number of rotatable bonds is 4.